The zero-order valence-corrected chi connectivity index (χ0v) is 13.6. The molecule has 0 amide bonds. The molecule has 2 aromatic carbocycles. The number of benzene rings is 2. The molecule has 126 valence electrons. The van der Waals surface area contributed by atoms with Gasteiger partial charge in [-0.15, -0.1) is 0 Å². The van der Waals surface area contributed by atoms with Crippen LogP contribution in [-0.2, 0) is 17.8 Å². The van der Waals surface area contributed by atoms with Crippen molar-refractivity contribution in [3.63, 3.8) is 0 Å². The van der Waals surface area contributed by atoms with Gasteiger partial charge in [-0.2, -0.15) is 0 Å². The number of nitrogen functional groups attached to an aromatic ring is 1. The number of carboxylic acid groups (broad SMARTS) is 1. The first-order valence-electron chi connectivity index (χ1n) is 7.90. The molecule has 2 rings (SSSR count). The van der Waals surface area contributed by atoms with Crippen LogP contribution in [0, 0.1) is 0 Å². The fourth-order valence-electron chi connectivity index (χ4n) is 2.50. The van der Waals surface area contributed by atoms with Gasteiger partial charge in [0.05, 0.1) is 11.1 Å². The molecule has 0 aliphatic rings. The Bertz CT molecular complexity index is 726. The first kappa shape index (κ1) is 17.5. The molecule has 0 aromatic heterocycles. The SMILES string of the molecule is CCCCc1c(N)ccc(C(=O)OCc2ccccc2)c1C(=O)O. The molecular weight excluding hydrogens is 306 g/mol. The van der Waals surface area contributed by atoms with Crippen molar-refractivity contribution in [1.29, 1.82) is 0 Å². The van der Waals surface area contributed by atoms with E-state index < -0.39 is 11.9 Å². The molecule has 5 nitrogen and oxygen atoms in total. The second-order valence-corrected chi connectivity index (χ2v) is 5.53. The predicted molar refractivity (Wildman–Crippen MR) is 92.0 cm³/mol. The monoisotopic (exact) mass is 327 g/mol. The number of ether oxygens (including phenoxy) is 1. The highest BCUT2D eigenvalue weighted by Gasteiger charge is 2.23. The molecule has 0 saturated carbocycles. The minimum atomic E-state index is -1.17. The fraction of sp³-hybridized carbons (Fsp3) is 0.263. The van der Waals surface area contributed by atoms with E-state index in [-0.39, 0.29) is 17.7 Å². The van der Waals surface area contributed by atoms with E-state index in [0.29, 0.717) is 17.7 Å². The normalized spacial score (nSPS) is 10.4. The summed E-state index contributed by atoms with van der Waals surface area (Å²) in [5, 5.41) is 9.54. The first-order chi connectivity index (χ1) is 11.5. The molecule has 0 spiro atoms. The predicted octanol–water partition coefficient (Wildman–Crippen LogP) is 3.67. The zero-order chi connectivity index (χ0) is 17.5. The molecule has 0 heterocycles. The van der Waals surface area contributed by atoms with Crippen LogP contribution in [0.5, 0.6) is 0 Å². The minimum Gasteiger partial charge on any atom is -0.478 e. The largest absolute Gasteiger partial charge is 0.478 e. The Morgan fingerprint density at radius 1 is 1.12 bits per heavy atom. The third kappa shape index (κ3) is 4.13. The van der Waals surface area contributed by atoms with Crippen LogP contribution >= 0.6 is 0 Å². The molecule has 0 bridgehead atoms. The summed E-state index contributed by atoms with van der Waals surface area (Å²) in [6.07, 6.45) is 2.22. The molecule has 5 heteroatoms. The van der Waals surface area contributed by atoms with E-state index in [0.717, 1.165) is 18.4 Å². The molecule has 0 saturated heterocycles. The summed E-state index contributed by atoms with van der Waals surface area (Å²) < 4.78 is 5.26. The summed E-state index contributed by atoms with van der Waals surface area (Å²) in [5.74, 6) is -1.82. The van der Waals surface area contributed by atoms with E-state index in [9.17, 15) is 14.7 Å². The first-order valence-corrected chi connectivity index (χ1v) is 7.90. The van der Waals surface area contributed by atoms with E-state index >= 15 is 0 Å². The van der Waals surface area contributed by atoms with Crippen molar-refractivity contribution in [3.8, 4) is 0 Å². The third-order valence-corrected chi connectivity index (χ3v) is 3.78. The Hall–Kier alpha value is -2.82. The van der Waals surface area contributed by atoms with Crippen molar-refractivity contribution in [2.45, 2.75) is 32.8 Å². The molecule has 2 aromatic rings. The van der Waals surface area contributed by atoms with Crippen molar-refractivity contribution < 1.29 is 19.4 Å². The Labute approximate surface area is 141 Å². The van der Waals surface area contributed by atoms with Crippen molar-refractivity contribution >= 4 is 17.6 Å². The maximum atomic E-state index is 12.4. The van der Waals surface area contributed by atoms with Crippen molar-refractivity contribution in [2.75, 3.05) is 5.73 Å². The van der Waals surface area contributed by atoms with Gasteiger partial charge in [0.25, 0.3) is 0 Å². The van der Waals surface area contributed by atoms with Gasteiger partial charge in [-0.25, -0.2) is 9.59 Å². The van der Waals surface area contributed by atoms with Gasteiger partial charge in [-0.05, 0) is 36.1 Å². The van der Waals surface area contributed by atoms with Gasteiger partial charge in [0.15, 0.2) is 0 Å². The second kappa shape index (κ2) is 8.15. The number of rotatable bonds is 7. The molecule has 3 N–H and O–H groups in total. The van der Waals surface area contributed by atoms with Gasteiger partial charge in [0.1, 0.15) is 6.61 Å². The average Bonchev–Trinajstić information content (AvgIpc) is 2.59. The summed E-state index contributed by atoms with van der Waals surface area (Å²) >= 11 is 0. The summed E-state index contributed by atoms with van der Waals surface area (Å²) in [6.45, 7) is 2.10. The van der Waals surface area contributed by atoms with Gasteiger partial charge in [0, 0.05) is 5.69 Å². The van der Waals surface area contributed by atoms with Crippen LogP contribution in [0.2, 0.25) is 0 Å². The molecular formula is C19H21NO4. The standard InChI is InChI=1S/C19H21NO4/c1-2-3-9-14-16(20)11-10-15(17(14)18(21)22)19(23)24-12-13-7-5-4-6-8-13/h4-8,10-11H,2-3,9,12,20H2,1H3,(H,21,22). The Balaban J connectivity index is 2.27. The summed E-state index contributed by atoms with van der Waals surface area (Å²) in [7, 11) is 0. The van der Waals surface area contributed by atoms with Crippen LogP contribution in [0.4, 0.5) is 5.69 Å². The molecule has 0 atom stereocenters. The van der Waals surface area contributed by atoms with E-state index in [1.54, 1.807) is 6.07 Å². The smallest absolute Gasteiger partial charge is 0.339 e. The Kier molecular flexibility index (Phi) is 5.95. The fourth-order valence-corrected chi connectivity index (χ4v) is 2.50. The molecule has 0 unspecified atom stereocenters. The van der Waals surface area contributed by atoms with Crippen LogP contribution in [0.3, 0.4) is 0 Å². The summed E-state index contributed by atoms with van der Waals surface area (Å²) in [5.41, 5.74) is 7.63. The number of unbranched alkanes of at least 4 members (excludes halogenated alkanes) is 1. The van der Waals surface area contributed by atoms with Crippen molar-refractivity contribution in [2.24, 2.45) is 0 Å². The number of hydrogen-bond acceptors (Lipinski definition) is 4. The van der Waals surface area contributed by atoms with Crippen LogP contribution in [0.15, 0.2) is 42.5 Å². The van der Waals surface area contributed by atoms with Crippen LogP contribution in [-0.4, -0.2) is 17.0 Å². The number of nitrogens with two attached hydrogens (primary N) is 1. The highest BCUT2D eigenvalue weighted by molar-refractivity contribution is 6.04. The number of esters is 1. The second-order valence-electron chi connectivity index (χ2n) is 5.53. The lowest BCUT2D eigenvalue weighted by molar-refractivity contribution is 0.0463. The van der Waals surface area contributed by atoms with E-state index in [4.69, 9.17) is 10.5 Å². The topological polar surface area (TPSA) is 89.6 Å². The molecule has 24 heavy (non-hydrogen) atoms. The minimum absolute atomic E-state index is 0.0405. The quantitative estimate of drug-likeness (QED) is 0.598. The lowest BCUT2D eigenvalue weighted by atomic mass is 9.95. The number of anilines is 1. The van der Waals surface area contributed by atoms with Gasteiger partial charge in [-0.1, -0.05) is 43.7 Å². The maximum Gasteiger partial charge on any atom is 0.339 e. The third-order valence-electron chi connectivity index (χ3n) is 3.78. The van der Waals surface area contributed by atoms with Crippen molar-refractivity contribution in [3.05, 3.63) is 64.7 Å². The van der Waals surface area contributed by atoms with Gasteiger partial charge >= 0.3 is 11.9 Å². The van der Waals surface area contributed by atoms with Crippen LogP contribution in [0.1, 0.15) is 51.6 Å². The summed E-state index contributed by atoms with van der Waals surface area (Å²) in [6, 6.07) is 12.2. The average molecular weight is 327 g/mol. The van der Waals surface area contributed by atoms with E-state index in [2.05, 4.69) is 0 Å². The number of aromatic carboxylic acids is 1. The summed E-state index contributed by atoms with van der Waals surface area (Å²) in [4.78, 5) is 24.0. The van der Waals surface area contributed by atoms with Gasteiger partial charge in [-0.3, -0.25) is 0 Å². The van der Waals surface area contributed by atoms with Crippen LogP contribution < -0.4 is 5.73 Å². The van der Waals surface area contributed by atoms with Gasteiger partial charge < -0.3 is 15.6 Å². The maximum absolute atomic E-state index is 12.4. The van der Waals surface area contributed by atoms with Gasteiger partial charge in [0.2, 0.25) is 0 Å². The van der Waals surface area contributed by atoms with E-state index in [1.807, 2.05) is 37.3 Å². The number of carbonyl (C=O) groups is 2. The molecule has 0 radical (unpaired) electrons. The highest BCUT2D eigenvalue weighted by atomic mass is 16.5. The Morgan fingerprint density at radius 3 is 2.46 bits per heavy atom. The molecule has 0 aliphatic heterocycles. The lowest BCUT2D eigenvalue weighted by Crippen LogP contribution is -2.16. The van der Waals surface area contributed by atoms with E-state index in [1.165, 1.54) is 6.07 Å². The number of carboxylic acids is 1. The zero-order valence-electron chi connectivity index (χ0n) is 13.6. The number of carbonyl (C=O) groups excluding carboxylic acids is 1. The van der Waals surface area contributed by atoms with Crippen molar-refractivity contribution in [1.82, 2.24) is 0 Å². The van der Waals surface area contributed by atoms with Crippen LogP contribution in [0.25, 0.3) is 0 Å². The molecule has 0 fully saturated rings. The molecule has 0 aliphatic carbocycles. The number of hydrogen-bond donors (Lipinski definition) is 2. The lowest BCUT2D eigenvalue weighted by Gasteiger charge is -2.14. The highest BCUT2D eigenvalue weighted by Crippen LogP contribution is 2.24. The Morgan fingerprint density at radius 2 is 1.83 bits per heavy atom.